The fourth-order valence-corrected chi connectivity index (χ4v) is 3.43. The van der Waals surface area contributed by atoms with Gasteiger partial charge in [0.1, 0.15) is 6.10 Å². The molecule has 0 aromatic carbocycles. The SMILES string of the molecule is CC(C)[C@@H]1CC[C@@H](C)C[C@H]1O[C@H]1OC(=O)C=C1[C@H]1CO1. The van der Waals surface area contributed by atoms with Gasteiger partial charge in [0.25, 0.3) is 0 Å². The number of hydrogen-bond donors (Lipinski definition) is 0. The van der Waals surface area contributed by atoms with Crippen molar-refractivity contribution >= 4 is 5.97 Å². The molecule has 1 aliphatic carbocycles. The van der Waals surface area contributed by atoms with E-state index >= 15 is 0 Å². The number of esters is 1. The third kappa shape index (κ3) is 2.91. The minimum Gasteiger partial charge on any atom is -0.428 e. The molecule has 3 aliphatic rings. The van der Waals surface area contributed by atoms with Crippen LogP contribution < -0.4 is 0 Å². The maximum atomic E-state index is 11.5. The highest BCUT2D eigenvalue weighted by Crippen LogP contribution is 2.38. The smallest absolute Gasteiger partial charge is 0.333 e. The molecule has 0 spiro atoms. The average Bonchev–Trinajstić information content (AvgIpc) is 3.14. The van der Waals surface area contributed by atoms with Crippen LogP contribution >= 0.6 is 0 Å². The second-order valence-electron chi connectivity index (χ2n) is 6.74. The zero-order valence-electron chi connectivity index (χ0n) is 12.5. The highest BCUT2D eigenvalue weighted by molar-refractivity contribution is 5.86. The zero-order valence-corrected chi connectivity index (χ0v) is 12.5. The Hall–Kier alpha value is -0.870. The summed E-state index contributed by atoms with van der Waals surface area (Å²) < 4.78 is 16.8. The molecular formula is C16H24O4. The van der Waals surface area contributed by atoms with E-state index in [9.17, 15) is 4.79 Å². The van der Waals surface area contributed by atoms with Gasteiger partial charge >= 0.3 is 5.97 Å². The van der Waals surface area contributed by atoms with E-state index in [4.69, 9.17) is 14.2 Å². The minimum atomic E-state index is -0.522. The van der Waals surface area contributed by atoms with E-state index < -0.39 is 6.29 Å². The number of hydrogen-bond acceptors (Lipinski definition) is 4. The summed E-state index contributed by atoms with van der Waals surface area (Å²) in [5, 5.41) is 0. The van der Waals surface area contributed by atoms with Crippen LogP contribution in [0.5, 0.6) is 0 Å². The topological polar surface area (TPSA) is 48.1 Å². The van der Waals surface area contributed by atoms with Crippen molar-refractivity contribution in [1.82, 2.24) is 0 Å². The summed E-state index contributed by atoms with van der Waals surface area (Å²) in [4.78, 5) is 11.5. The van der Waals surface area contributed by atoms with E-state index in [1.54, 1.807) is 6.08 Å². The first-order chi connectivity index (χ1) is 9.54. The second-order valence-corrected chi connectivity index (χ2v) is 6.74. The van der Waals surface area contributed by atoms with Crippen molar-refractivity contribution in [3.8, 4) is 0 Å². The minimum absolute atomic E-state index is 0.0324. The van der Waals surface area contributed by atoms with Crippen LogP contribution in [-0.4, -0.2) is 31.1 Å². The molecule has 0 radical (unpaired) electrons. The highest BCUT2D eigenvalue weighted by atomic mass is 16.7. The molecule has 0 amide bonds. The predicted molar refractivity (Wildman–Crippen MR) is 73.9 cm³/mol. The first-order valence-corrected chi connectivity index (χ1v) is 7.73. The van der Waals surface area contributed by atoms with Gasteiger partial charge in [-0.25, -0.2) is 4.79 Å². The molecule has 2 heterocycles. The summed E-state index contributed by atoms with van der Waals surface area (Å²) in [5.41, 5.74) is 0.871. The second kappa shape index (κ2) is 5.49. The number of cyclic esters (lactones) is 1. The van der Waals surface area contributed by atoms with E-state index in [-0.39, 0.29) is 18.2 Å². The number of carbonyl (C=O) groups is 1. The van der Waals surface area contributed by atoms with Crippen molar-refractivity contribution in [3.63, 3.8) is 0 Å². The molecule has 0 bridgehead atoms. The molecule has 4 heteroatoms. The number of epoxide rings is 1. The van der Waals surface area contributed by atoms with Gasteiger partial charge in [0, 0.05) is 11.6 Å². The van der Waals surface area contributed by atoms with E-state index in [0.717, 1.165) is 12.0 Å². The number of carbonyl (C=O) groups excluding carboxylic acids is 1. The molecule has 4 nitrogen and oxygen atoms in total. The third-order valence-electron chi connectivity index (χ3n) is 4.74. The van der Waals surface area contributed by atoms with Gasteiger partial charge < -0.3 is 14.2 Å². The third-order valence-corrected chi connectivity index (χ3v) is 4.74. The monoisotopic (exact) mass is 280 g/mol. The van der Waals surface area contributed by atoms with Crippen molar-refractivity contribution in [1.29, 1.82) is 0 Å². The van der Waals surface area contributed by atoms with Gasteiger partial charge in [0.05, 0.1) is 12.7 Å². The Morgan fingerprint density at radius 1 is 1.35 bits per heavy atom. The van der Waals surface area contributed by atoms with Crippen LogP contribution in [0, 0.1) is 17.8 Å². The summed E-state index contributed by atoms with van der Waals surface area (Å²) >= 11 is 0. The van der Waals surface area contributed by atoms with Crippen LogP contribution in [-0.2, 0) is 19.0 Å². The summed E-state index contributed by atoms with van der Waals surface area (Å²) in [6.45, 7) is 7.45. The fourth-order valence-electron chi connectivity index (χ4n) is 3.43. The Balaban J connectivity index is 1.68. The molecule has 0 aromatic rings. The summed E-state index contributed by atoms with van der Waals surface area (Å²) in [7, 11) is 0. The number of rotatable bonds is 4. The van der Waals surface area contributed by atoms with Gasteiger partial charge in [-0.2, -0.15) is 0 Å². The summed E-state index contributed by atoms with van der Waals surface area (Å²) in [6.07, 6.45) is 4.74. The standard InChI is InChI=1S/C16H24O4/c1-9(2)11-5-4-10(3)6-13(11)19-16-12(14-8-18-14)7-15(17)20-16/h7,9-11,13-14,16H,4-6,8H2,1-3H3/t10-,11+,13-,14-,16+/m1/s1. The zero-order chi connectivity index (χ0) is 14.3. The van der Waals surface area contributed by atoms with Gasteiger partial charge in [-0.05, 0) is 30.6 Å². The normalized spacial score (nSPS) is 40.7. The van der Waals surface area contributed by atoms with Gasteiger partial charge in [-0.15, -0.1) is 0 Å². The maximum Gasteiger partial charge on any atom is 0.333 e. The molecule has 0 unspecified atom stereocenters. The van der Waals surface area contributed by atoms with Crippen molar-refractivity contribution in [2.75, 3.05) is 6.61 Å². The molecule has 112 valence electrons. The first kappa shape index (κ1) is 14.1. The lowest BCUT2D eigenvalue weighted by molar-refractivity contribution is -0.181. The van der Waals surface area contributed by atoms with Gasteiger partial charge in [-0.3, -0.25) is 0 Å². The first-order valence-electron chi connectivity index (χ1n) is 7.73. The Morgan fingerprint density at radius 3 is 2.75 bits per heavy atom. The van der Waals surface area contributed by atoms with E-state index in [1.165, 1.54) is 12.8 Å². The van der Waals surface area contributed by atoms with Gasteiger partial charge in [-0.1, -0.05) is 27.2 Å². The van der Waals surface area contributed by atoms with Gasteiger partial charge in [0.2, 0.25) is 6.29 Å². The van der Waals surface area contributed by atoms with Crippen LogP contribution in [0.25, 0.3) is 0 Å². The Kier molecular flexibility index (Phi) is 3.87. The van der Waals surface area contributed by atoms with Crippen LogP contribution in [0.2, 0.25) is 0 Å². The van der Waals surface area contributed by atoms with Crippen LogP contribution in [0.15, 0.2) is 11.6 Å². The molecular weight excluding hydrogens is 256 g/mol. The molecule has 5 atom stereocenters. The maximum absolute atomic E-state index is 11.5. The van der Waals surface area contributed by atoms with E-state index in [2.05, 4.69) is 20.8 Å². The average molecular weight is 280 g/mol. The molecule has 3 rings (SSSR count). The van der Waals surface area contributed by atoms with Crippen molar-refractivity contribution in [2.45, 2.75) is 58.5 Å². The van der Waals surface area contributed by atoms with Crippen molar-refractivity contribution < 1.29 is 19.0 Å². The van der Waals surface area contributed by atoms with Gasteiger partial charge in [0.15, 0.2) is 0 Å². The predicted octanol–water partition coefficient (Wildman–Crippen LogP) is 2.67. The van der Waals surface area contributed by atoms with E-state index in [0.29, 0.717) is 24.4 Å². The lowest BCUT2D eigenvalue weighted by atomic mass is 9.75. The Labute approximate surface area is 120 Å². The molecule has 1 saturated carbocycles. The van der Waals surface area contributed by atoms with Crippen LogP contribution in [0.4, 0.5) is 0 Å². The summed E-state index contributed by atoms with van der Waals surface area (Å²) in [5.74, 6) is 1.52. The molecule has 0 N–H and O–H groups in total. The van der Waals surface area contributed by atoms with Crippen LogP contribution in [0.1, 0.15) is 40.0 Å². The van der Waals surface area contributed by atoms with Crippen LogP contribution in [0.3, 0.4) is 0 Å². The summed E-state index contributed by atoms with van der Waals surface area (Å²) in [6, 6.07) is 0. The van der Waals surface area contributed by atoms with E-state index in [1.807, 2.05) is 0 Å². The molecule has 2 fully saturated rings. The lowest BCUT2D eigenvalue weighted by Gasteiger charge is -2.38. The largest absolute Gasteiger partial charge is 0.428 e. The van der Waals surface area contributed by atoms with Crippen molar-refractivity contribution in [3.05, 3.63) is 11.6 Å². The molecule has 2 aliphatic heterocycles. The van der Waals surface area contributed by atoms with Crippen molar-refractivity contribution in [2.24, 2.45) is 17.8 Å². The molecule has 1 saturated heterocycles. The highest BCUT2D eigenvalue weighted by Gasteiger charge is 2.42. The quantitative estimate of drug-likeness (QED) is 0.587. The molecule has 0 aromatic heterocycles. The lowest BCUT2D eigenvalue weighted by Crippen LogP contribution is -2.38. The Bertz CT molecular complexity index is 411. The Morgan fingerprint density at radius 2 is 2.10 bits per heavy atom. The number of ether oxygens (including phenoxy) is 3. The molecule has 20 heavy (non-hydrogen) atoms. The fraction of sp³-hybridized carbons (Fsp3) is 0.812.